The van der Waals surface area contributed by atoms with Crippen LogP contribution in [0, 0.1) is 6.92 Å². The normalized spacial score (nSPS) is 18.9. The van der Waals surface area contributed by atoms with Crippen molar-refractivity contribution in [3.63, 3.8) is 0 Å². The molecule has 1 unspecified atom stereocenters. The summed E-state index contributed by atoms with van der Waals surface area (Å²) >= 11 is 0. The minimum atomic E-state index is -0.466. The number of hydrogen-bond donors (Lipinski definition) is 2. The molecule has 1 saturated heterocycles. The highest BCUT2D eigenvalue weighted by molar-refractivity contribution is 5.96. The fourth-order valence-corrected chi connectivity index (χ4v) is 2.43. The topological polar surface area (TPSA) is 79.3 Å². The highest BCUT2D eigenvalue weighted by Gasteiger charge is 2.33. The fraction of sp³-hybridized carbons (Fsp3) is 0.615. The van der Waals surface area contributed by atoms with Gasteiger partial charge in [-0.1, -0.05) is 0 Å². The van der Waals surface area contributed by atoms with Gasteiger partial charge in [0, 0.05) is 33.2 Å². The first-order chi connectivity index (χ1) is 9.54. The van der Waals surface area contributed by atoms with Gasteiger partial charge in [0.15, 0.2) is 0 Å². The van der Waals surface area contributed by atoms with Gasteiger partial charge in [0.25, 0.3) is 5.91 Å². The first-order valence-corrected chi connectivity index (χ1v) is 6.84. The lowest BCUT2D eigenvalue weighted by molar-refractivity contribution is -0.126. The maximum absolute atomic E-state index is 12.6. The second-order valence-electron chi connectivity index (χ2n) is 4.91. The summed E-state index contributed by atoms with van der Waals surface area (Å²) in [6.07, 6.45) is 0. The lowest BCUT2D eigenvalue weighted by Crippen LogP contribution is -2.59. The lowest BCUT2D eigenvalue weighted by Gasteiger charge is -2.35. The number of aryl methyl sites for hydroxylation is 2. The molecule has 1 aliphatic heterocycles. The summed E-state index contributed by atoms with van der Waals surface area (Å²) in [6, 6.07) is 1.28. The minimum absolute atomic E-state index is 0.119. The van der Waals surface area contributed by atoms with Crippen LogP contribution < -0.4 is 10.6 Å². The molecule has 0 bridgehead atoms. The van der Waals surface area contributed by atoms with Crippen LogP contribution in [0.1, 0.15) is 23.1 Å². The molecular weight excluding hydrogens is 258 g/mol. The molecule has 1 aromatic rings. The van der Waals surface area contributed by atoms with Crippen molar-refractivity contribution in [2.45, 2.75) is 19.9 Å². The van der Waals surface area contributed by atoms with Crippen LogP contribution in [0.4, 0.5) is 0 Å². The number of carbonyl (C=O) groups excluding carboxylic acids is 2. The van der Waals surface area contributed by atoms with Gasteiger partial charge in [-0.15, -0.1) is 0 Å². The van der Waals surface area contributed by atoms with Gasteiger partial charge in [-0.05, 0) is 19.9 Å². The Morgan fingerprint density at radius 1 is 1.55 bits per heavy atom. The molecule has 1 aliphatic rings. The zero-order valence-electron chi connectivity index (χ0n) is 12.1. The summed E-state index contributed by atoms with van der Waals surface area (Å²) in [5.74, 6) is -0.266. The van der Waals surface area contributed by atoms with Crippen molar-refractivity contribution >= 4 is 11.8 Å². The van der Waals surface area contributed by atoms with E-state index in [1.54, 1.807) is 22.7 Å². The molecule has 20 heavy (non-hydrogen) atoms. The average Bonchev–Trinajstić information content (AvgIpc) is 2.77. The molecule has 2 amide bonds. The van der Waals surface area contributed by atoms with Crippen LogP contribution in [0.5, 0.6) is 0 Å². The van der Waals surface area contributed by atoms with E-state index in [4.69, 9.17) is 0 Å². The second-order valence-corrected chi connectivity index (χ2v) is 4.91. The molecule has 1 fully saturated rings. The lowest BCUT2D eigenvalue weighted by atomic mass is 10.1. The molecule has 7 nitrogen and oxygen atoms in total. The number of hydrogen-bond acceptors (Lipinski definition) is 4. The van der Waals surface area contributed by atoms with Gasteiger partial charge in [0.1, 0.15) is 11.7 Å². The van der Waals surface area contributed by atoms with Gasteiger partial charge in [-0.2, -0.15) is 5.10 Å². The second kappa shape index (κ2) is 6.04. The van der Waals surface area contributed by atoms with Gasteiger partial charge in [-0.25, -0.2) is 0 Å². The zero-order valence-corrected chi connectivity index (χ0v) is 12.1. The smallest absolute Gasteiger partial charge is 0.272 e. The Morgan fingerprint density at radius 2 is 2.30 bits per heavy atom. The van der Waals surface area contributed by atoms with Crippen LogP contribution in [-0.4, -0.2) is 58.7 Å². The van der Waals surface area contributed by atoms with Crippen molar-refractivity contribution in [3.05, 3.63) is 17.5 Å². The fourth-order valence-electron chi connectivity index (χ4n) is 2.43. The van der Waals surface area contributed by atoms with Gasteiger partial charge >= 0.3 is 0 Å². The first kappa shape index (κ1) is 14.5. The van der Waals surface area contributed by atoms with Crippen molar-refractivity contribution in [2.75, 3.05) is 26.2 Å². The van der Waals surface area contributed by atoms with Gasteiger partial charge < -0.3 is 15.5 Å². The highest BCUT2D eigenvalue weighted by Crippen LogP contribution is 2.11. The molecule has 0 aliphatic carbocycles. The summed E-state index contributed by atoms with van der Waals surface area (Å²) in [7, 11) is 1.74. The molecule has 110 valence electrons. The Kier molecular flexibility index (Phi) is 4.39. The van der Waals surface area contributed by atoms with E-state index in [2.05, 4.69) is 15.7 Å². The SMILES string of the molecule is CCNC(=O)C1CNCCN1C(=O)c1cc(C)nn1C. The first-order valence-electron chi connectivity index (χ1n) is 6.84. The number of likely N-dealkylation sites (N-methyl/N-ethyl adjacent to an activating group) is 1. The van der Waals surface area contributed by atoms with Crippen molar-refractivity contribution in [3.8, 4) is 0 Å². The standard InChI is InChI=1S/C13H21N5O2/c1-4-15-12(19)11-8-14-5-6-18(11)13(20)10-7-9(2)16-17(10)3/h7,11,14H,4-6,8H2,1-3H3,(H,15,19). The van der Waals surface area contributed by atoms with Crippen LogP contribution in [0.3, 0.4) is 0 Å². The van der Waals surface area contributed by atoms with Crippen LogP contribution in [-0.2, 0) is 11.8 Å². The summed E-state index contributed by atoms with van der Waals surface area (Å²) in [5, 5.41) is 10.1. The van der Waals surface area contributed by atoms with Gasteiger partial charge in [0.05, 0.1) is 5.69 Å². The number of rotatable bonds is 3. The molecule has 0 radical (unpaired) electrons. The maximum atomic E-state index is 12.6. The van der Waals surface area contributed by atoms with E-state index in [0.29, 0.717) is 31.9 Å². The van der Waals surface area contributed by atoms with Crippen molar-refractivity contribution in [1.82, 2.24) is 25.3 Å². The maximum Gasteiger partial charge on any atom is 0.272 e. The van der Waals surface area contributed by atoms with Crippen molar-refractivity contribution in [1.29, 1.82) is 0 Å². The summed E-state index contributed by atoms with van der Waals surface area (Å²) < 4.78 is 1.56. The van der Waals surface area contributed by atoms with E-state index >= 15 is 0 Å². The predicted molar refractivity (Wildman–Crippen MR) is 74.3 cm³/mol. The van der Waals surface area contributed by atoms with Crippen LogP contribution in [0.25, 0.3) is 0 Å². The molecule has 0 saturated carbocycles. The van der Waals surface area contributed by atoms with Crippen molar-refractivity contribution < 1.29 is 9.59 Å². The van der Waals surface area contributed by atoms with E-state index in [0.717, 1.165) is 5.69 Å². The van der Waals surface area contributed by atoms with E-state index in [9.17, 15) is 9.59 Å². The summed E-state index contributed by atoms with van der Waals surface area (Å²) in [6.45, 7) is 5.96. The Morgan fingerprint density at radius 3 is 2.90 bits per heavy atom. The molecule has 7 heteroatoms. The quantitative estimate of drug-likeness (QED) is 0.765. The van der Waals surface area contributed by atoms with E-state index in [1.807, 2.05) is 13.8 Å². The van der Waals surface area contributed by atoms with Gasteiger partial charge in [-0.3, -0.25) is 14.3 Å². The average molecular weight is 279 g/mol. The molecule has 1 aromatic heterocycles. The third-order valence-corrected chi connectivity index (χ3v) is 3.38. The highest BCUT2D eigenvalue weighted by atomic mass is 16.2. The zero-order chi connectivity index (χ0) is 14.7. The molecule has 0 spiro atoms. The van der Waals surface area contributed by atoms with Crippen LogP contribution in [0.15, 0.2) is 6.07 Å². The van der Waals surface area contributed by atoms with E-state index < -0.39 is 6.04 Å². The largest absolute Gasteiger partial charge is 0.355 e. The number of nitrogens with one attached hydrogen (secondary N) is 2. The molecular formula is C13H21N5O2. The third-order valence-electron chi connectivity index (χ3n) is 3.38. The summed E-state index contributed by atoms with van der Waals surface area (Å²) in [5.41, 5.74) is 1.30. The Hall–Kier alpha value is -1.89. The van der Waals surface area contributed by atoms with E-state index in [1.165, 1.54) is 0 Å². The van der Waals surface area contributed by atoms with Crippen LogP contribution in [0.2, 0.25) is 0 Å². The van der Waals surface area contributed by atoms with Gasteiger partial charge in [0.2, 0.25) is 5.91 Å². The number of aromatic nitrogens is 2. The number of piperazine rings is 1. The van der Waals surface area contributed by atoms with E-state index in [-0.39, 0.29) is 11.8 Å². The molecule has 2 rings (SSSR count). The minimum Gasteiger partial charge on any atom is -0.355 e. The molecule has 1 atom stereocenters. The Bertz CT molecular complexity index is 511. The number of carbonyl (C=O) groups is 2. The number of amides is 2. The Balaban J connectivity index is 2.21. The molecule has 2 N–H and O–H groups in total. The predicted octanol–water partition coefficient (Wildman–Crippen LogP) is -0.721. The van der Waals surface area contributed by atoms with Crippen molar-refractivity contribution in [2.24, 2.45) is 7.05 Å². The number of nitrogens with zero attached hydrogens (tertiary/aromatic N) is 3. The monoisotopic (exact) mass is 279 g/mol. The van der Waals surface area contributed by atoms with Crippen LogP contribution >= 0.6 is 0 Å². The molecule has 2 heterocycles. The Labute approximate surface area is 118 Å². The summed E-state index contributed by atoms with van der Waals surface area (Å²) in [4.78, 5) is 26.3. The third kappa shape index (κ3) is 2.82. The molecule has 0 aromatic carbocycles.